The Hall–Kier alpha value is -1.80. The molecule has 2 rings (SSSR count). The summed E-state index contributed by atoms with van der Waals surface area (Å²) >= 11 is 11.8. The summed E-state index contributed by atoms with van der Waals surface area (Å²) in [7, 11) is -0.694. The van der Waals surface area contributed by atoms with Crippen molar-refractivity contribution in [3.8, 4) is 5.75 Å². The highest BCUT2D eigenvalue weighted by molar-refractivity contribution is 7.89. The molecule has 2 aromatic carbocycles. The van der Waals surface area contributed by atoms with Gasteiger partial charge in [-0.05, 0) is 29.8 Å². The van der Waals surface area contributed by atoms with Crippen LogP contribution in [0.2, 0.25) is 10.0 Å². The highest BCUT2D eigenvalue weighted by atomic mass is 35.5. The molecule has 6 nitrogen and oxygen atoms in total. The number of halogens is 2. The molecule has 0 fully saturated rings. The molecule has 0 atom stereocenters. The molecule has 2 aromatic rings. The molecule has 26 heavy (non-hydrogen) atoms. The van der Waals surface area contributed by atoms with Gasteiger partial charge in [0.15, 0.2) is 6.61 Å². The summed E-state index contributed by atoms with van der Waals surface area (Å²) < 4.78 is 31.1. The average Bonchev–Trinajstić information content (AvgIpc) is 2.59. The largest absolute Gasteiger partial charge is 0.482 e. The molecular weight excluding hydrogens is 399 g/mol. The van der Waals surface area contributed by atoms with Gasteiger partial charge in [-0.3, -0.25) is 4.79 Å². The molecule has 0 heterocycles. The van der Waals surface area contributed by atoms with Crippen molar-refractivity contribution in [2.24, 2.45) is 0 Å². The maximum Gasteiger partial charge on any atom is 0.258 e. The zero-order valence-corrected chi connectivity index (χ0v) is 16.5. The SMILES string of the molecule is CN(C)S(=O)(=O)c1ccccc1CNC(=O)COc1ccc(Cl)cc1Cl. The molecule has 140 valence electrons. The zero-order chi connectivity index (χ0) is 19.3. The number of sulfonamides is 1. The van der Waals surface area contributed by atoms with E-state index in [1.807, 2.05) is 0 Å². The van der Waals surface area contributed by atoms with Gasteiger partial charge in [0, 0.05) is 25.7 Å². The first-order chi connectivity index (χ1) is 12.2. The van der Waals surface area contributed by atoms with E-state index in [2.05, 4.69) is 5.32 Å². The predicted octanol–water partition coefficient (Wildman–Crippen LogP) is 2.94. The first kappa shape index (κ1) is 20.5. The van der Waals surface area contributed by atoms with E-state index in [1.54, 1.807) is 30.3 Å². The number of hydrogen-bond donors (Lipinski definition) is 1. The van der Waals surface area contributed by atoms with Crippen LogP contribution in [0.15, 0.2) is 47.4 Å². The minimum Gasteiger partial charge on any atom is -0.482 e. The molecule has 0 aliphatic rings. The molecule has 0 radical (unpaired) electrons. The molecule has 0 aliphatic heterocycles. The van der Waals surface area contributed by atoms with Gasteiger partial charge in [0.05, 0.1) is 9.92 Å². The Labute approximate surface area is 162 Å². The Kier molecular flexibility index (Phi) is 6.88. The summed E-state index contributed by atoms with van der Waals surface area (Å²) in [5.41, 5.74) is 0.485. The lowest BCUT2D eigenvalue weighted by Crippen LogP contribution is -2.30. The number of ether oxygens (including phenoxy) is 1. The van der Waals surface area contributed by atoms with Crippen molar-refractivity contribution in [1.29, 1.82) is 0 Å². The van der Waals surface area contributed by atoms with Crippen LogP contribution in [0.25, 0.3) is 0 Å². The van der Waals surface area contributed by atoms with Crippen LogP contribution in [0.4, 0.5) is 0 Å². The Morgan fingerprint density at radius 2 is 1.85 bits per heavy atom. The molecule has 0 saturated carbocycles. The number of nitrogens with one attached hydrogen (secondary N) is 1. The molecule has 0 spiro atoms. The molecule has 0 aliphatic carbocycles. The first-order valence-electron chi connectivity index (χ1n) is 7.57. The van der Waals surface area contributed by atoms with Crippen LogP contribution >= 0.6 is 23.2 Å². The Morgan fingerprint density at radius 3 is 2.50 bits per heavy atom. The van der Waals surface area contributed by atoms with Crippen LogP contribution in [-0.2, 0) is 21.4 Å². The van der Waals surface area contributed by atoms with Crippen LogP contribution in [-0.4, -0.2) is 39.3 Å². The van der Waals surface area contributed by atoms with Crippen molar-refractivity contribution in [2.75, 3.05) is 20.7 Å². The van der Waals surface area contributed by atoms with Crippen molar-refractivity contribution in [3.05, 3.63) is 58.1 Å². The van der Waals surface area contributed by atoms with E-state index in [0.717, 1.165) is 4.31 Å². The topological polar surface area (TPSA) is 75.7 Å². The Morgan fingerprint density at radius 1 is 1.15 bits per heavy atom. The van der Waals surface area contributed by atoms with Gasteiger partial charge in [-0.25, -0.2) is 12.7 Å². The van der Waals surface area contributed by atoms with Gasteiger partial charge >= 0.3 is 0 Å². The first-order valence-corrected chi connectivity index (χ1v) is 9.76. The smallest absolute Gasteiger partial charge is 0.258 e. The summed E-state index contributed by atoms with van der Waals surface area (Å²) in [6, 6.07) is 11.2. The minimum atomic E-state index is -3.60. The van der Waals surface area contributed by atoms with Gasteiger partial charge < -0.3 is 10.1 Å². The van der Waals surface area contributed by atoms with Crippen molar-refractivity contribution in [1.82, 2.24) is 9.62 Å². The lowest BCUT2D eigenvalue weighted by molar-refractivity contribution is -0.123. The molecule has 0 unspecified atom stereocenters. The zero-order valence-electron chi connectivity index (χ0n) is 14.2. The summed E-state index contributed by atoms with van der Waals surface area (Å²) in [5, 5.41) is 3.40. The summed E-state index contributed by atoms with van der Waals surface area (Å²) in [5.74, 6) is -0.0742. The molecule has 0 aromatic heterocycles. The third-order valence-electron chi connectivity index (χ3n) is 3.46. The highest BCUT2D eigenvalue weighted by Crippen LogP contribution is 2.27. The quantitative estimate of drug-likeness (QED) is 0.752. The molecular formula is C17H18Cl2N2O4S. The maximum atomic E-state index is 12.3. The van der Waals surface area contributed by atoms with Gasteiger partial charge in [-0.15, -0.1) is 0 Å². The Balaban J connectivity index is 2.00. The number of rotatable bonds is 7. The fourth-order valence-corrected chi connectivity index (χ4v) is 3.66. The standard InChI is InChI=1S/C17H18Cl2N2O4S/c1-21(2)26(23,24)16-6-4-3-5-12(16)10-20-17(22)11-25-15-8-7-13(18)9-14(15)19/h3-9H,10-11H2,1-2H3,(H,20,22). The van der Waals surface area contributed by atoms with Gasteiger partial charge in [-0.2, -0.15) is 0 Å². The average molecular weight is 417 g/mol. The van der Waals surface area contributed by atoms with Gasteiger partial charge in [0.1, 0.15) is 5.75 Å². The number of carbonyl (C=O) groups is 1. The third kappa shape index (κ3) is 5.11. The van der Waals surface area contributed by atoms with Crippen LogP contribution in [0.5, 0.6) is 5.75 Å². The number of carbonyl (C=O) groups excluding carboxylic acids is 1. The third-order valence-corrected chi connectivity index (χ3v) is 5.91. The number of nitrogens with zero attached hydrogens (tertiary/aromatic N) is 1. The summed E-state index contributed by atoms with van der Waals surface area (Å²) in [6.07, 6.45) is 0. The summed E-state index contributed by atoms with van der Waals surface area (Å²) in [6.45, 7) is -0.205. The van der Waals surface area contributed by atoms with E-state index in [1.165, 1.54) is 26.2 Å². The second kappa shape index (κ2) is 8.73. The monoisotopic (exact) mass is 416 g/mol. The molecule has 0 saturated heterocycles. The number of hydrogen-bond acceptors (Lipinski definition) is 4. The maximum absolute atomic E-state index is 12.3. The lowest BCUT2D eigenvalue weighted by atomic mass is 10.2. The fraction of sp³-hybridized carbons (Fsp3) is 0.235. The van der Waals surface area contributed by atoms with Gasteiger partial charge in [-0.1, -0.05) is 41.4 Å². The normalized spacial score (nSPS) is 11.4. The Bertz CT molecular complexity index is 901. The van der Waals surface area contributed by atoms with E-state index in [0.29, 0.717) is 21.4 Å². The van der Waals surface area contributed by atoms with Crippen LogP contribution in [0.3, 0.4) is 0 Å². The second-order valence-corrected chi connectivity index (χ2v) is 8.50. The van der Waals surface area contributed by atoms with E-state index < -0.39 is 15.9 Å². The molecule has 9 heteroatoms. The number of amides is 1. The number of benzene rings is 2. The van der Waals surface area contributed by atoms with Crippen LogP contribution in [0, 0.1) is 0 Å². The lowest BCUT2D eigenvalue weighted by Gasteiger charge is -2.15. The van der Waals surface area contributed by atoms with Crippen molar-refractivity contribution in [2.45, 2.75) is 11.4 Å². The van der Waals surface area contributed by atoms with Gasteiger partial charge in [0.2, 0.25) is 10.0 Å². The van der Waals surface area contributed by atoms with E-state index >= 15 is 0 Å². The molecule has 0 bridgehead atoms. The second-order valence-electron chi connectivity index (χ2n) is 5.54. The predicted molar refractivity (Wildman–Crippen MR) is 101 cm³/mol. The van der Waals surface area contributed by atoms with E-state index in [-0.39, 0.29) is 18.0 Å². The van der Waals surface area contributed by atoms with E-state index in [4.69, 9.17) is 27.9 Å². The van der Waals surface area contributed by atoms with Crippen molar-refractivity contribution in [3.63, 3.8) is 0 Å². The fourth-order valence-electron chi connectivity index (χ4n) is 2.08. The molecule has 1 N–H and O–H groups in total. The van der Waals surface area contributed by atoms with Crippen molar-refractivity contribution < 1.29 is 17.9 Å². The van der Waals surface area contributed by atoms with E-state index in [9.17, 15) is 13.2 Å². The highest BCUT2D eigenvalue weighted by Gasteiger charge is 2.20. The minimum absolute atomic E-state index is 0.0553. The van der Waals surface area contributed by atoms with Crippen LogP contribution < -0.4 is 10.1 Å². The summed E-state index contributed by atoms with van der Waals surface area (Å²) in [4.78, 5) is 12.1. The van der Waals surface area contributed by atoms with Crippen LogP contribution in [0.1, 0.15) is 5.56 Å². The van der Waals surface area contributed by atoms with Crippen molar-refractivity contribution >= 4 is 39.1 Å². The van der Waals surface area contributed by atoms with Gasteiger partial charge in [0.25, 0.3) is 5.91 Å². The molecule has 1 amide bonds.